The van der Waals surface area contributed by atoms with Crippen molar-refractivity contribution in [2.24, 2.45) is 0 Å². The Hall–Kier alpha value is -2.73. The Labute approximate surface area is 188 Å². The van der Waals surface area contributed by atoms with E-state index in [1.54, 1.807) is 41.0 Å². The van der Waals surface area contributed by atoms with Gasteiger partial charge in [-0.05, 0) is 55.3 Å². The number of carbonyl (C=O) groups excluding carboxylic acids is 2. The predicted octanol–water partition coefficient (Wildman–Crippen LogP) is 3.81. The zero-order valence-corrected chi connectivity index (χ0v) is 18.8. The van der Waals surface area contributed by atoms with Crippen LogP contribution in [0.15, 0.2) is 48.5 Å². The molecule has 1 saturated heterocycles. The number of halogens is 1. The van der Waals surface area contributed by atoms with Gasteiger partial charge in [0.05, 0.1) is 0 Å². The van der Waals surface area contributed by atoms with Crippen molar-refractivity contribution in [2.45, 2.75) is 32.8 Å². The normalized spacial score (nSPS) is 14.8. The van der Waals surface area contributed by atoms with Crippen LogP contribution < -0.4 is 9.47 Å². The molecule has 1 heterocycles. The Morgan fingerprint density at radius 1 is 0.935 bits per heavy atom. The first-order valence-electron chi connectivity index (χ1n) is 10.7. The van der Waals surface area contributed by atoms with E-state index < -0.39 is 6.10 Å². The van der Waals surface area contributed by atoms with Crippen LogP contribution in [0, 0.1) is 0 Å². The molecule has 0 aromatic heterocycles. The van der Waals surface area contributed by atoms with Gasteiger partial charge in [-0.2, -0.15) is 0 Å². The first-order valence-corrected chi connectivity index (χ1v) is 11.0. The van der Waals surface area contributed by atoms with Gasteiger partial charge in [0.25, 0.3) is 11.8 Å². The van der Waals surface area contributed by atoms with E-state index in [0.29, 0.717) is 42.7 Å². The van der Waals surface area contributed by atoms with Gasteiger partial charge in [0.2, 0.25) is 0 Å². The molecular formula is C24H29ClN2O4. The van der Waals surface area contributed by atoms with Crippen molar-refractivity contribution in [3.05, 3.63) is 59.1 Å². The molecule has 7 heteroatoms. The van der Waals surface area contributed by atoms with E-state index in [1.807, 2.05) is 24.3 Å². The molecule has 1 aliphatic heterocycles. The van der Waals surface area contributed by atoms with Crippen LogP contribution in [0.2, 0.25) is 5.02 Å². The van der Waals surface area contributed by atoms with E-state index in [0.717, 1.165) is 12.8 Å². The molecule has 0 saturated carbocycles. The lowest BCUT2D eigenvalue weighted by atomic mass is 10.1. The fourth-order valence-electron chi connectivity index (χ4n) is 3.48. The summed E-state index contributed by atoms with van der Waals surface area (Å²) in [5.74, 6) is 1.12. The highest BCUT2D eigenvalue weighted by Crippen LogP contribution is 2.18. The van der Waals surface area contributed by atoms with Crippen LogP contribution in [0.4, 0.5) is 0 Å². The van der Waals surface area contributed by atoms with Crippen LogP contribution in [0.3, 0.4) is 0 Å². The maximum atomic E-state index is 12.7. The number of hydrogen-bond acceptors (Lipinski definition) is 4. The van der Waals surface area contributed by atoms with Gasteiger partial charge >= 0.3 is 0 Å². The average molecular weight is 445 g/mol. The minimum atomic E-state index is -0.609. The molecule has 0 radical (unpaired) electrons. The summed E-state index contributed by atoms with van der Waals surface area (Å²) in [6.07, 6.45) is 1.52. The van der Waals surface area contributed by atoms with Gasteiger partial charge in [0.15, 0.2) is 12.7 Å². The van der Waals surface area contributed by atoms with Crippen molar-refractivity contribution in [2.75, 3.05) is 32.8 Å². The summed E-state index contributed by atoms with van der Waals surface area (Å²) in [6.45, 7) is 5.79. The molecular weight excluding hydrogens is 416 g/mol. The maximum Gasteiger partial charge on any atom is 0.263 e. The van der Waals surface area contributed by atoms with E-state index in [2.05, 4.69) is 6.92 Å². The van der Waals surface area contributed by atoms with Gasteiger partial charge in [-0.1, -0.05) is 37.1 Å². The van der Waals surface area contributed by atoms with E-state index >= 15 is 0 Å². The number of benzene rings is 2. The number of rotatable bonds is 8. The molecule has 0 aliphatic carbocycles. The number of piperazine rings is 1. The number of nitrogens with zero attached hydrogens (tertiary/aromatic N) is 2. The molecule has 6 nitrogen and oxygen atoms in total. The molecule has 1 atom stereocenters. The second kappa shape index (κ2) is 11.0. The van der Waals surface area contributed by atoms with Crippen molar-refractivity contribution in [1.29, 1.82) is 0 Å². The Morgan fingerprint density at radius 3 is 2.13 bits per heavy atom. The predicted molar refractivity (Wildman–Crippen MR) is 121 cm³/mol. The number of aryl methyl sites for hydroxylation is 1. The van der Waals surface area contributed by atoms with Crippen LogP contribution >= 0.6 is 11.6 Å². The zero-order valence-electron chi connectivity index (χ0n) is 18.1. The Morgan fingerprint density at radius 2 is 1.52 bits per heavy atom. The summed E-state index contributed by atoms with van der Waals surface area (Å²) < 4.78 is 11.4. The average Bonchev–Trinajstić information content (AvgIpc) is 2.79. The van der Waals surface area contributed by atoms with Crippen LogP contribution in [-0.2, 0) is 16.0 Å². The molecule has 0 bridgehead atoms. The van der Waals surface area contributed by atoms with E-state index in [1.165, 1.54) is 5.56 Å². The summed E-state index contributed by atoms with van der Waals surface area (Å²) >= 11 is 5.87. The van der Waals surface area contributed by atoms with Gasteiger partial charge in [-0.25, -0.2) is 0 Å². The number of ether oxygens (including phenoxy) is 2. The van der Waals surface area contributed by atoms with E-state index in [9.17, 15) is 9.59 Å². The lowest BCUT2D eigenvalue weighted by molar-refractivity contribution is -0.144. The van der Waals surface area contributed by atoms with Gasteiger partial charge in [0, 0.05) is 31.2 Å². The van der Waals surface area contributed by atoms with Crippen LogP contribution in [0.5, 0.6) is 11.5 Å². The van der Waals surface area contributed by atoms with Gasteiger partial charge in [-0.3, -0.25) is 9.59 Å². The lowest BCUT2D eigenvalue weighted by Crippen LogP contribution is -2.54. The van der Waals surface area contributed by atoms with Crippen LogP contribution in [0.25, 0.3) is 0 Å². The third-order valence-corrected chi connectivity index (χ3v) is 5.49. The first-order chi connectivity index (χ1) is 15.0. The maximum absolute atomic E-state index is 12.7. The number of amides is 2. The minimum Gasteiger partial charge on any atom is -0.484 e. The summed E-state index contributed by atoms with van der Waals surface area (Å²) in [5.41, 5.74) is 1.26. The smallest absolute Gasteiger partial charge is 0.263 e. The van der Waals surface area contributed by atoms with Crippen LogP contribution in [0.1, 0.15) is 25.8 Å². The molecule has 31 heavy (non-hydrogen) atoms. The standard InChI is InChI=1S/C24H29ClN2O4/c1-3-4-19-5-9-21(10-6-19)30-17-23(28)26-13-15-27(16-14-26)24(29)18(2)31-22-11-7-20(25)8-12-22/h5-12,18H,3-4,13-17H2,1-2H3. The van der Waals surface area contributed by atoms with Gasteiger partial charge in [0.1, 0.15) is 11.5 Å². The summed E-state index contributed by atoms with van der Waals surface area (Å²) in [4.78, 5) is 28.6. The molecule has 1 unspecified atom stereocenters. The third kappa shape index (κ3) is 6.62. The van der Waals surface area contributed by atoms with Crippen molar-refractivity contribution in [3.63, 3.8) is 0 Å². The number of hydrogen-bond donors (Lipinski definition) is 0. The van der Waals surface area contributed by atoms with Crippen molar-refractivity contribution < 1.29 is 19.1 Å². The molecule has 166 valence electrons. The SMILES string of the molecule is CCCc1ccc(OCC(=O)N2CCN(C(=O)C(C)Oc3ccc(Cl)cc3)CC2)cc1. The van der Waals surface area contributed by atoms with Gasteiger partial charge < -0.3 is 19.3 Å². The fourth-order valence-corrected chi connectivity index (χ4v) is 3.60. The lowest BCUT2D eigenvalue weighted by Gasteiger charge is -2.35. The minimum absolute atomic E-state index is 0.00283. The second-order valence-corrected chi connectivity index (χ2v) is 8.04. The molecule has 2 amide bonds. The van der Waals surface area contributed by atoms with E-state index in [4.69, 9.17) is 21.1 Å². The highest BCUT2D eigenvalue weighted by atomic mass is 35.5. The summed E-state index contributed by atoms with van der Waals surface area (Å²) in [5, 5.41) is 0.615. The second-order valence-electron chi connectivity index (χ2n) is 7.60. The highest BCUT2D eigenvalue weighted by Gasteiger charge is 2.28. The Bertz CT molecular complexity index is 862. The zero-order chi connectivity index (χ0) is 22.2. The summed E-state index contributed by atoms with van der Waals surface area (Å²) in [7, 11) is 0. The fraction of sp³-hybridized carbons (Fsp3) is 0.417. The molecule has 2 aromatic carbocycles. The monoisotopic (exact) mass is 444 g/mol. The van der Waals surface area contributed by atoms with E-state index in [-0.39, 0.29) is 18.4 Å². The van der Waals surface area contributed by atoms with Crippen LogP contribution in [-0.4, -0.2) is 60.5 Å². The summed E-state index contributed by atoms with van der Waals surface area (Å²) in [6, 6.07) is 14.8. The molecule has 3 rings (SSSR count). The third-order valence-electron chi connectivity index (χ3n) is 5.24. The molecule has 0 spiro atoms. The molecule has 2 aromatic rings. The molecule has 1 fully saturated rings. The quantitative estimate of drug-likeness (QED) is 0.621. The largest absolute Gasteiger partial charge is 0.484 e. The topological polar surface area (TPSA) is 59.1 Å². The Balaban J connectivity index is 1.42. The molecule has 1 aliphatic rings. The Kier molecular flexibility index (Phi) is 8.18. The van der Waals surface area contributed by atoms with Gasteiger partial charge in [-0.15, -0.1) is 0 Å². The van der Waals surface area contributed by atoms with Crippen molar-refractivity contribution in [1.82, 2.24) is 9.80 Å². The highest BCUT2D eigenvalue weighted by molar-refractivity contribution is 6.30. The number of carbonyl (C=O) groups is 2. The van der Waals surface area contributed by atoms with Crippen molar-refractivity contribution in [3.8, 4) is 11.5 Å². The molecule has 0 N–H and O–H groups in total. The first kappa shape index (κ1) is 22.9. The van der Waals surface area contributed by atoms with Crippen molar-refractivity contribution >= 4 is 23.4 Å².